The van der Waals surface area contributed by atoms with E-state index in [0.29, 0.717) is 11.2 Å². The molecule has 0 spiro atoms. The largest absolute Gasteiger partial charge is 0.379 e. The van der Waals surface area contributed by atoms with Gasteiger partial charge in [-0.3, -0.25) is 4.90 Å². The third kappa shape index (κ3) is 3.05. The molecule has 2 saturated heterocycles. The van der Waals surface area contributed by atoms with Gasteiger partial charge < -0.3 is 9.64 Å². The van der Waals surface area contributed by atoms with Crippen molar-refractivity contribution in [1.82, 2.24) is 14.9 Å². The normalized spacial score (nSPS) is 24.3. The van der Waals surface area contributed by atoms with E-state index in [1.54, 1.807) is 0 Å². The molecule has 5 nitrogen and oxygen atoms in total. The molecule has 1 atom stereocenters. The van der Waals surface area contributed by atoms with Crippen molar-refractivity contribution in [2.75, 3.05) is 44.3 Å². The minimum atomic E-state index is 0.543. The SMILES string of the molecule is CCc1nc(Cl)cc(N2CCC(N3CCOCC3)C2)n1. The van der Waals surface area contributed by atoms with Gasteiger partial charge in [0.1, 0.15) is 16.8 Å². The van der Waals surface area contributed by atoms with E-state index < -0.39 is 0 Å². The highest BCUT2D eigenvalue weighted by molar-refractivity contribution is 6.29. The maximum Gasteiger partial charge on any atom is 0.134 e. The molecular formula is C14H21ClN4O. The summed E-state index contributed by atoms with van der Waals surface area (Å²) in [6.45, 7) is 7.92. The quantitative estimate of drug-likeness (QED) is 0.793. The van der Waals surface area contributed by atoms with E-state index in [4.69, 9.17) is 16.3 Å². The second-order valence-corrected chi connectivity index (χ2v) is 5.74. The summed E-state index contributed by atoms with van der Waals surface area (Å²) >= 11 is 6.09. The number of morpholine rings is 1. The standard InChI is InChI=1S/C14H21ClN4O/c1-2-13-16-12(15)9-14(17-13)19-4-3-11(10-19)18-5-7-20-8-6-18/h9,11H,2-8,10H2,1H3. The lowest BCUT2D eigenvalue weighted by Crippen LogP contribution is -2.44. The van der Waals surface area contributed by atoms with E-state index in [2.05, 4.69) is 26.7 Å². The van der Waals surface area contributed by atoms with Gasteiger partial charge in [-0.15, -0.1) is 0 Å². The lowest BCUT2D eigenvalue weighted by Gasteiger charge is -2.32. The van der Waals surface area contributed by atoms with Crippen LogP contribution in [0.3, 0.4) is 0 Å². The summed E-state index contributed by atoms with van der Waals surface area (Å²) in [5, 5.41) is 0.543. The minimum Gasteiger partial charge on any atom is -0.379 e. The van der Waals surface area contributed by atoms with Crippen LogP contribution < -0.4 is 4.90 Å². The molecule has 0 amide bonds. The first-order valence-electron chi connectivity index (χ1n) is 7.36. The van der Waals surface area contributed by atoms with Gasteiger partial charge in [-0.1, -0.05) is 18.5 Å². The Kier molecular flexibility index (Phi) is 4.38. The molecule has 0 aliphatic carbocycles. The number of rotatable bonds is 3. The Bertz CT molecular complexity index is 464. The first-order valence-corrected chi connectivity index (χ1v) is 7.74. The van der Waals surface area contributed by atoms with Gasteiger partial charge in [0.15, 0.2) is 0 Å². The number of hydrogen-bond donors (Lipinski definition) is 0. The van der Waals surface area contributed by atoms with E-state index in [0.717, 1.165) is 57.5 Å². The molecule has 2 aliphatic heterocycles. The molecule has 110 valence electrons. The van der Waals surface area contributed by atoms with Crippen LogP contribution in [0.4, 0.5) is 5.82 Å². The Morgan fingerprint density at radius 2 is 2.10 bits per heavy atom. The van der Waals surface area contributed by atoms with Crippen LogP contribution in [0.5, 0.6) is 0 Å². The van der Waals surface area contributed by atoms with Crippen LogP contribution in [-0.4, -0.2) is 60.3 Å². The van der Waals surface area contributed by atoms with Crippen molar-refractivity contribution in [2.24, 2.45) is 0 Å². The van der Waals surface area contributed by atoms with Gasteiger partial charge in [0.25, 0.3) is 0 Å². The maximum absolute atomic E-state index is 6.09. The maximum atomic E-state index is 6.09. The first kappa shape index (κ1) is 14.0. The average molecular weight is 297 g/mol. The van der Waals surface area contributed by atoms with Crippen LogP contribution in [0.25, 0.3) is 0 Å². The summed E-state index contributed by atoms with van der Waals surface area (Å²) in [6, 6.07) is 2.49. The van der Waals surface area contributed by atoms with Gasteiger partial charge in [0, 0.05) is 44.7 Å². The van der Waals surface area contributed by atoms with E-state index >= 15 is 0 Å². The van der Waals surface area contributed by atoms with Crippen LogP contribution in [0.1, 0.15) is 19.2 Å². The fourth-order valence-electron chi connectivity index (χ4n) is 2.96. The van der Waals surface area contributed by atoms with Crippen LogP contribution in [0.2, 0.25) is 5.15 Å². The van der Waals surface area contributed by atoms with E-state index in [9.17, 15) is 0 Å². The molecule has 0 aromatic carbocycles. The fraction of sp³-hybridized carbons (Fsp3) is 0.714. The minimum absolute atomic E-state index is 0.543. The van der Waals surface area contributed by atoms with Crippen molar-refractivity contribution in [1.29, 1.82) is 0 Å². The van der Waals surface area contributed by atoms with Crippen molar-refractivity contribution in [2.45, 2.75) is 25.8 Å². The zero-order valence-electron chi connectivity index (χ0n) is 11.9. The zero-order valence-corrected chi connectivity index (χ0v) is 12.6. The predicted octanol–water partition coefficient (Wildman–Crippen LogP) is 1.60. The lowest BCUT2D eigenvalue weighted by atomic mass is 10.2. The summed E-state index contributed by atoms with van der Waals surface area (Å²) in [5.41, 5.74) is 0. The summed E-state index contributed by atoms with van der Waals surface area (Å²) in [7, 11) is 0. The highest BCUT2D eigenvalue weighted by Crippen LogP contribution is 2.24. The van der Waals surface area contributed by atoms with E-state index in [1.807, 2.05) is 6.07 Å². The topological polar surface area (TPSA) is 41.5 Å². The van der Waals surface area contributed by atoms with Crippen LogP contribution in [-0.2, 0) is 11.2 Å². The van der Waals surface area contributed by atoms with Gasteiger partial charge in [0.05, 0.1) is 13.2 Å². The molecule has 1 unspecified atom stereocenters. The lowest BCUT2D eigenvalue weighted by molar-refractivity contribution is 0.0209. The number of anilines is 1. The summed E-state index contributed by atoms with van der Waals surface area (Å²) in [4.78, 5) is 13.7. The Labute approximate surface area is 124 Å². The molecule has 0 saturated carbocycles. The molecule has 3 rings (SSSR count). The van der Waals surface area contributed by atoms with Gasteiger partial charge >= 0.3 is 0 Å². The summed E-state index contributed by atoms with van der Waals surface area (Å²) < 4.78 is 5.42. The Hall–Kier alpha value is -0.910. The number of halogens is 1. The average Bonchev–Trinajstić information content (AvgIpc) is 2.97. The molecule has 2 aliphatic rings. The summed E-state index contributed by atoms with van der Waals surface area (Å²) in [5.74, 6) is 1.79. The molecule has 20 heavy (non-hydrogen) atoms. The molecule has 3 heterocycles. The molecular weight excluding hydrogens is 276 g/mol. The summed E-state index contributed by atoms with van der Waals surface area (Å²) in [6.07, 6.45) is 2.00. The number of hydrogen-bond acceptors (Lipinski definition) is 5. The Balaban J connectivity index is 1.68. The highest BCUT2D eigenvalue weighted by Gasteiger charge is 2.29. The Morgan fingerprint density at radius 3 is 2.85 bits per heavy atom. The molecule has 1 aromatic heterocycles. The molecule has 1 aromatic rings. The number of nitrogens with zero attached hydrogens (tertiary/aromatic N) is 4. The van der Waals surface area contributed by atoms with E-state index in [-0.39, 0.29) is 0 Å². The Morgan fingerprint density at radius 1 is 1.30 bits per heavy atom. The zero-order chi connectivity index (χ0) is 13.9. The monoisotopic (exact) mass is 296 g/mol. The first-order chi connectivity index (χ1) is 9.76. The second-order valence-electron chi connectivity index (χ2n) is 5.36. The van der Waals surface area contributed by atoms with Crippen molar-refractivity contribution in [3.05, 3.63) is 17.0 Å². The van der Waals surface area contributed by atoms with Crippen molar-refractivity contribution in [3.8, 4) is 0 Å². The molecule has 0 N–H and O–H groups in total. The van der Waals surface area contributed by atoms with Gasteiger partial charge in [-0.05, 0) is 6.42 Å². The molecule has 0 bridgehead atoms. The van der Waals surface area contributed by atoms with Crippen molar-refractivity contribution < 1.29 is 4.74 Å². The van der Waals surface area contributed by atoms with Crippen molar-refractivity contribution in [3.63, 3.8) is 0 Å². The highest BCUT2D eigenvalue weighted by atomic mass is 35.5. The van der Waals surface area contributed by atoms with Gasteiger partial charge in [0.2, 0.25) is 0 Å². The van der Waals surface area contributed by atoms with Crippen molar-refractivity contribution >= 4 is 17.4 Å². The molecule has 0 radical (unpaired) electrons. The van der Waals surface area contributed by atoms with Gasteiger partial charge in [-0.25, -0.2) is 9.97 Å². The number of ether oxygens (including phenoxy) is 1. The fourth-order valence-corrected chi connectivity index (χ4v) is 3.16. The smallest absolute Gasteiger partial charge is 0.134 e. The third-order valence-electron chi connectivity index (χ3n) is 4.09. The predicted molar refractivity (Wildman–Crippen MR) is 79.4 cm³/mol. The van der Waals surface area contributed by atoms with Crippen LogP contribution in [0.15, 0.2) is 6.07 Å². The van der Waals surface area contributed by atoms with Gasteiger partial charge in [-0.2, -0.15) is 0 Å². The number of aromatic nitrogens is 2. The van der Waals surface area contributed by atoms with E-state index in [1.165, 1.54) is 6.42 Å². The van der Waals surface area contributed by atoms with Crippen LogP contribution in [0, 0.1) is 0 Å². The molecule has 2 fully saturated rings. The second kappa shape index (κ2) is 6.24. The third-order valence-corrected chi connectivity index (χ3v) is 4.29. The number of aryl methyl sites for hydroxylation is 1. The molecule has 6 heteroatoms. The van der Waals surface area contributed by atoms with Crippen LogP contribution >= 0.6 is 11.6 Å².